The van der Waals surface area contributed by atoms with Gasteiger partial charge >= 0.3 is 6.03 Å². The van der Waals surface area contributed by atoms with E-state index in [2.05, 4.69) is 22.4 Å². The summed E-state index contributed by atoms with van der Waals surface area (Å²) in [7, 11) is 0. The lowest BCUT2D eigenvalue weighted by atomic mass is 10.1. The number of aliphatic hydroxyl groups is 1. The molecule has 0 radical (unpaired) electrons. The van der Waals surface area contributed by atoms with Gasteiger partial charge in [0.25, 0.3) is 0 Å². The van der Waals surface area contributed by atoms with Gasteiger partial charge in [0, 0.05) is 32.0 Å². The average Bonchev–Trinajstić information content (AvgIpc) is 3.26. The molecular weight excluding hydrogens is 304 g/mol. The van der Waals surface area contributed by atoms with Gasteiger partial charge in [-0.05, 0) is 30.4 Å². The number of aromatic nitrogens is 2. The Morgan fingerprint density at radius 2 is 2.29 bits per heavy atom. The zero-order chi connectivity index (χ0) is 16.8. The number of imidazole rings is 1. The van der Waals surface area contributed by atoms with Gasteiger partial charge in [-0.15, -0.1) is 0 Å². The smallest absolute Gasteiger partial charge is 0.317 e. The van der Waals surface area contributed by atoms with Crippen molar-refractivity contribution in [3.63, 3.8) is 0 Å². The molecule has 1 heterocycles. The van der Waals surface area contributed by atoms with Crippen molar-refractivity contribution in [2.75, 3.05) is 19.7 Å². The van der Waals surface area contributed by atoms with Gasteiger partial charge in [0.2, 0.25) is 0 Å². The molecule has 128 valence electrons. The summed E-state index contributed by atoms with van der Waals surface area (Å²) >= 11 is 0. The second-order valence-corrected chi connectivity index (χ2v) is 6.06. The lowest BCUT2D eigenvalue weighted by Crippen LogP contribution is -2.43. The fourth-order valence-corrected chi connectivity index (χ4v) is 3.34. The number of hydrogen-bond acceptors (Lipinski definition) is 3. The number of urea groups is 1. The molecule has 1 aliphatic rings. The summed E-state index contributed by atoms with van der Waals surface area (Å²) in [6.07, 6.45) is 8.18. The molecule has 1 aromatic carbocycles. The summed E-state index contributed by atoms with van der Waals surface area (Å²) in [5.74, 6) is 0. The zero-order valence-electron chi connectivity index (χ0n) is 13.8. The molecule has 1 unspecified atom stereocenters. The number of aliphatic hydroxyl groups excluding tert-OH is 1. The number of amides is 2. The Labute approximate surface area is 142 Å². The van der Waals surface area contributed by atoms with E-state index in [0.29, 0.717) is 13.1 Å². The molecule has 24 heavy (non-hydrogen) atoms. The van der Waals surface area contributed by atoms with Crippen LogP contribution in [0.3, 0.4) is 0 Å². The Bertz CT molecular complexity index is 657. The first kappa shape index (κ1) is 16.5. The number of nitrogens with zero attached hydrogens (tertiary/aromatic N) is 3. The van der Waals surface area contributed by atoms with Crippen molar-refractivity contribution in [1.29, 1.82) is 0 Å². The predicted octanol–water partition coefficient (Wildman–Crippen LogP) is 1.96. The van der Waals surface area contributed by atoms with Gasteiger partial charge in [0.05, 0.1) is 19.0 Å². The molecule has 0 saturated heterocycles. The molecule has 0 spiro atoms. The summed E-state index contributed by atoms with van der Waals surface area (Å²) in [4.78, 5) is 18.3. The lowest BCUT2D eigenvalue weighted by molar-refractivity contribution is 0.151. The van der Waals surface area contributed by atoms with E-state index in [-0.39, 0.29) is 18.7 Å². The molecule has 3 rings (SSSR count). The van der Waals surface area contributed by atoms with Crippen LogP contribution in [0.15, 0.2) is 43.0 Å². The molecule has 0 aliphatic heterocycles. The predicted molar refractivity (Wildman–Crippen MR) is 91.5 cm³/mol. The van der Waals surface area contributed by atoms with Crippen LogP contribution in [0.2, 0.25) is 0 Å². The minimum absolute atomic E-state index is 0.0267. The van der Waals surface area contributed by atoms with Crippen LogP contribution in [-0.4, -0.2) is 45.3 Å². The van der Waals surface area contributed by atoms with Crippen LogP contribution in [0.1, 0.15) is 30.0 Å². The molecule has 1 aromatic heterocycles. The molecule has 0 bridgehead atoms. The maximum atomic E-state index is 12.6. The highest BCUT2D eigenvalue weighted by atomic mass is 16.3. The van der Waals surface area contributed by atoms with E-state index in [4.69, 9.17) is 0 Å². The lowest BCUT2D eigenvalue weighted by Gasteiger charge is -2.29. The first-order valence-corrected chi connectivity index (χ1v) is 8.48. The third-order valence-electron chi connectivity index (χ3n) is 4.51. The quantitative estimate of drug-likeness (QED) is 0.763. The van der Waals surface area contributed by atoms with E-state index < -0.39 is 0 Å². The molecule has 2 N–H and O–H groups in total. The van der Waals surface area contributed by atoms with Gasteiger partial charge in [-0.25, -0.2) is 9.78 Å². The molecule has 0 saturated carbocycles. The fourth-order valence-electron chi connectivity index (χ4n) is 3.34. The summed E-state index contributed by atoms with van der Waals surface area (Å²) in [6, 6.07) is 8.21. The second kappa shape index (κ2) is 7.97. The van der Waals surface area contributed by atoms with Gasteiger partial charge in [-0.1, -0.05) is 24.3 Å². The molecule has 2 aromatic rings. The van der Waals surface area contributed by atoms with Crippen molar-refractivity contribution in [3.05, 3.63) is 54.1 Å². The van der Waals surface area contributed by atoms with E-state index in [1.54, 1.807) is 17.4 Å². The standard InChI is InChI=1S/C18H24N4O2/c23-13-12-22(17-7-6-15-4-1-2-5-16(15)17)18(24)20-8-3-10-21-11-9-19-14-21/h1-2,4-5,9,11,14,17,23H,3,6-8,10,12-13H2,(H,20,24). The third-order valence-corrected chi connectivity index (χ3v) is 4.51. The summed E-state index contributed by atoms with van der Waals surface area (Å²) in [5, 5.41) is 12.3. The minimum atomic E-state index is -0.101. The van der Waals surface area contributed by atoms with Crippen molar-refractivity contribution < 1.29 is 9.90 Å². The van der Waals surface area contributed by atoms with Crippen molar-refractivity contribution in [1.82, 2.24) is 19.8 Å². The summed E-state index contributed by atoms with van der Waals surface area (Å²) < 4.78 is 1.99. The van der Waals surface area contributed by atoms with Crippen LogP contribution in [0, 0.1) is 0 Å². The molecule has 0 fully saturated rings. The summed E-state index contributed by atoms with van der Waals surface area (Å²) in [5.41, 5.74) is 2.51. The third kappa shape index (κ3) is 3.76. The number of rotatable bonds is 7. The Hall–Kier alpha value is -2.34. The number of fused-ring (bicyclic) bond motifs is 1. The van der Waals surface area contributed by atoms with Gasteiger partial charge in [0.15, 0.2) is 0 Å². The highest BCUT2D eigenvalue weighted by Gasteiger charge is 2.30. The Morgan fingerprint density at radius 1 is 1.42 bits per heavy atom. The Balaban J connectivity index is 1.56. The molecule has 6 nitrogen and oxygen atoms in total. The minimum Gasteiger partial charge on any atom is -0.395 e. The van der Waals surface area contributed by atoms with Crippen molar-refractivity contribution in [2.45, 2.75) is 31.8 Å². The molecule has 6 heteroatoms. The van der Waals surface area contributed by atoms with Crippen LogP contribution in [-0.2, 0) is 13.0 Å². The number of aryl methyl sites for hydroxylation is 2. The normalized spacial score (nSPS) is 16.0. The number of carbonyl (C=O) groups is 1. The number of benzene rings is 1. The van der Waals surface area contributed by atoms with E-state index in [9.17, 15) is 9.90 Å². The zero-order valence-corrected chi connectivity index (χ0v) is 13.8. The van der Waals surface area contributed by atoms with E-state index >= 15 is 0 Å². The molecule has 1 atom stereocenters. The van der Waals surface area contributed by atoms with Crippen molar-refractivity contribution >= 4 is 6.03 Å². The largest absolute Gasteiger partial charge is 0.395 e. The first-order chi connectivity index (χ1) is 11.8. The SMILES string of the molecule is O=C(NCCCn1ccnc1)N(CCO)C1CCc2ccccc21. The molecule has 1 aliphatic carbocycles. The van der Waals surface area contributed by atoms with Crippen LogP contribution in [0.25, 0.3) is 0 Å². The number of carbonyl (C=O) groups excluding carboxylic acids is 1. The van der Waals surface area contributed by atoms with E-state index in [1.807, 2.05) is 22.9 Å². The van der Waals surface area contributed by atoms with E-state index in [1.165, 1.54) is 11.1 Å². The first-order valence-electron chi connectivity index (χ1n) is 8.48. The van der Waals surface area contributed by atoms with Crippen molar-refractivity contribution in [3.8, 4) is 0 Å². The van der Waals surface area contributed by atoms with Gasteiger partial charge in [-0.3, -0.25) is 0 Å². The highest BCUT2D eigenvalue weighted by molar-refractivity contribution is 5.75. The van der Waals surface area contributed by atoms with Gasteiger partial charge in [0.1, 0.15) is 0 Å². The highest BCUT2D eigenvalue weighted by Crippen LogP contribution is 2.35. The van der Waals surface area contributed by atoms with Gasteiger partial charge < -0.3 is 19.9 Å². The topological polar surface area (TPSA) is 70.4 Å². The van der Waals surface area contributed by atoms with Gasteiger partial charge in [-0.2, -0.15) is 0 Å². The monoisotopic (exact) mass is 328 g/mol. The fraction of sp³-hybridized carbons (Fsp3) is 0.444. The second-order valence-electron chi connectivity index (χ2n) is 6.06. The van der Waals surface area contributed by atoms with Crippen LogP contribution < -0.4 is 5.32 Å². The Morgan fingerprint density at radius 3 is 3.08 bits per heavy atom. The number of hydrogen-bond donors (Lipinski definition) is 2. The molecular formula is C18H24N4O2. The Kier molecular flexibility index (Phi) is 5.48. The maximum absolute atomic E-state index is 12.6. The average molecular weight is 328 g/mol. The van der Waals surface area contributed by atoms with Crippen LogP contribution in [0.4, 0.5) is 4.79 Å². The van der Waals surface area contributed by atoms with Crippen molar-refractivity contribution in [2.24, 2.45) is 0 Å². The van der Waals surface area contributed by atoms with Crippen LogP contribution >= 0.6 is 0 Å². The summed E-state index contributed by atoms with van der Waals surface area (Å²) in [6.45, 7) is 1.76. The van der Waals surface area contributed by atoms with Crippen LogP contribution in [0.5, 0.6) is 0 Å². The molecule has 2 amide bonds. The van der Waals surface area contributed by atoms with E-state index in [0.717, 1.165) is 25.8 Å². The number of nitrogens with one attached hydrogen (secondary N) is 1. The maximum Gasteiger partial charge on any atom is 0.317 e.